The second-order valence-electron chi connectivity index (χ2n) is 3.66. The van der Waals surface area contributed by atoms with Gasteiger partial charge in [0, 0.05) is 5.92 Å². The Morgan fingerprint density at radius 3 is 2.08 bits per heavy atom. The Morgan fingerprint density at radius 1 is 1.08 bits per heavy atom. The molecule has 3 unspecified atom stereocenters. The van der Waals surface area contributed by atoms with E-state index in [2.05, 4.69) is 6.92 Å². The van der Waals surface area contributed by atoms with Gasteiger partial charge in [-0.25, -0.2) is 0 Å². The van der Waals surface area contributed by atoms with E-state index in [-0.39, 0.29) is 12.0 Å². The molecule has 0 bridgehead atoms. The molecule has 0 heterocycles. The van der Waals surface area contributed by atoms with Crippen LogP contribution < -0.4 is 0 Å². The Bertz CT molecular complexity index is 102. The van der Waals surface area contributed by atoms with Gasteiger partial charge in [-0.15, -0.1) is 0 Å². The third kappa shape index (κ3) is 4.73. The third-order valence-corrected chi connectivity index (χ3v) is 2.47. The highest BCUT2D eigenvalue weighted by atomic mass is 16.3. The van der Waals surface area contributed by atoms with E-state index in [1.54, 1.807) is 6.92 Å². The summed E-state index contributed by atoms with van der Waals surface area (Å²) in [6.07, 6.45) is 3.49. The molecule has 0 saturated heterocycles. The number of hydrogen-bond acceptors (Lipinski definition) is 2. The fraction of sp³-hybridized carbons (Fsp3) is 1.00. The van der Waals surface area contributed by atoms with Crippen LogP contribution in [0.25, 0.3) is 0 Å². The molecular weight excluding hydrogens is 152 g/mol. The summed E-state index contributed by atoms with van der Waals surface area (Å²) in [5.74, 6) is 0.00172. The Labute approximate surface area is 75.6 Å². The Hall–Kier alpha value is -0.0800. The van der Waals surface area contributed by atoms with Gasteiger partial charge in [0.15, 0.2) is 0 Å². The highest BCUT2D eigenvalue weighted by Crippen LogP contribution is 2.14. The summed E-state index contributed by atoms with van der Waals surface area (Å²) < 4.78 is 0. The number of aliphatic hydroxyl groups is 2. The standard InChI is InChI=1S/C10H22O2/c1-4-5-6-7-10(12)8(2)9(3)11/h8-12H,4-7H2,1-3H3. The van der Waals surface area contributed by atoms with Crippen LogP contribution in [0.5, 0.6) is 0 Å². The van der Waals surface area contributed by atoms with Crippen molar-refractivity contribution in [3.8, 4) is 0 Å². The summed E-state index contributed by atoms with van der Waals surface area (Å²) in [6.45, 7) is 5.76. The maximum absolute atomic E-state index is 9.55. The number of rotatable bonds is 6. The Morgan fingerprint density at radius 2 is 1.67 bits per heavy atom. The van der Waals surface area contributed by atoms with Crippen molar-refractivity contribution in [2.45, 2.75) is 58.7 Å². The van der Waals surface area contributed by atoms with Crippen LogP contribution in [0.1, 0.15) is 46.5 Å². The molecule has 0 radical (unpaired) electrons. The predicted molar refractivity (Wildman–Crippen MR) is 51.0 cm³/mol. The molecule has 3 atom stereocenters. The minimum Gasteiger partial charge on any atom is -0.393 e. The normalized spacial score (nSPS) is 18.8. The lowest BCUT2D eigenvalue weighted by Gasteiger charge is -2.20. The van der Waals surface area contributed by atoms with E-state index in [0.717, 1.165) is 12.8 Å². The average molecular weight is 174 g/mol. The molecule has 0 aliphatic heterocycles. The molecule has 0 fully saturated rings. The van der Waals surface area contributed by atoms with Crippen molar-refractivity contribution in [3.05, 3.63) is 0 Å². The van der Waals surface area contributed by atoms with Gasteiger partial charge >= 0.3 is 0 Å². The van der Waals surface area contributed by atoms with E-state index >= 15 is 0 Å². The van der Waals surface area contributed by atoms with Gasteiger partial charge in [-0.2, -0.15) is 0 Å². The summed E-state index contributed by atoms with van der Waals surface area (Å²) in [4.78, 5) is 0. The second-order valence-corrected chi connectivity index (χ2v) is 3.66. The molecule has 2 heteroatoms. The molecule has 0 aromatic rings. The van der Waals surface area contributed by atoms with E-state index in [9.17, 15) is 10.2 Å². The van der Waals surface area contributed by atoms with Gasteiger partial charge in [0.2, 0.25) is 0 Å². The van der Waals surface area contributed by atoms with Crippen LogP contribution in [0.2, 0.25) is 0 Å². The first-order chi connectivity index (χ1) is 5.59. The van der Waals surface area contributed by atoms with E-state index in [1.807, 2.05) is 6.92 Å². The van der Waals surface area contributed by atoms with Crippen LogP contribution in [-0.4, -0.2) is 22.4 Å². The first-order valence-corrected chi connectivity index (χ1v) is 4.95. The largest absolute Gasteiger partial charge is 0.393 e. The van der Waals surface area contributed by atoms with E-state index < -0.39 is 6.10 Å². The fourth-order valence-corrected chi connectivity index (χ4v) is 1.19. The van der Waals surface area contributed by atoms with Gasteiger partial charge in [-0.1, -0.05) is 33.1 Å². The highest BCUT2D eigenvalue weighted by Gasteiger charge is 2.17. The lowest BCUT2D eigenvalue weighted by molar-refractivity contribution is 0.0258. The minimum atomic E-state index is -0.401. The lowest BCUT2D eigenvalue weighted by Crippen LogP contribution is -2.27. The first kappa shape index (κ1) is 11.9. The Kier molecular flexibility index (Phi) is 6.39. The molecule has 0 aromatic heterocycles. The van der Waals surface area contributed by atoms with Crippen LogP contribution in [0.3, 0.4) is 0 Å². The fourth-order valence-electron chi connectivity index (χ4n) is 1.19. The summed E-state index contributed by atoms with van der Waals surface area (Å²) >= 11 is 0. The number of unbranched alkanes of at least 4 members (excludes halogenated alkanes) is 2. The van der Waals surface area contributed by atoms with Crippen molar-refractivity contribution < 1.29 is 10.2 Å². The summed E-state index contributed by atoms with van der Waals surface area (Å²) in [5.41, 5.74) is 0. The second kappa shape index (κ2) is 6.44. The molecule has 0 aliphatic carbocycles. The number of hydrogen-bond donors (Lipinski definition) is 2. The minimum absolute atomic E-state index is 0.00172. The maximum atomic E-state index is 9.55. The van der Waals surface area contributed by atoms with E-state index in [4.69, 9.17) is 0 Å². The lowest BCUT2D eigenvalue weighted by atomic mass is 9.95. The van der Waals surface area contributed by atoms with E-state index in [1.165, 1.54) is 12.8 Å². The molecular formula is C10H22O2. The van der Waals surface area contributed by atoms with Gasteiger partial charge in [-0.05, 0) is 13.3 Å². The molecule has 0 aromatic carbocycles. The van der Waals surface area contributed by atoms with Crippen molar-refractivity contribution >= 4 is 0 Å². The summed E-state index contributed by atoms with van der Waals surface area (Å²) in [7, 11) is 0. The van der Waals surface area contributed by atoms with Crippen LogP contribution >= 0.6 is 0 Å². The topological polar surface area (TPSA) is 40.5 Å². The predicted octanol–water partition coefficient (Wildman–Crippen LogP) is 1.94. The molecule has 0 saturated carbocycles. The van der Waals surface area contributed by atoms with Crippen LogP contribution in [0.4, 0.5) is 0 Å². The van der Waals surface area contributed by atoms with Crippen molar-refractivity contribution in [1.82, 2.24) is 0 Å². The van der Waals surface area contributed by atoms with Gasteiger partial charge in [0.1, 0.15) is 0 Å². The smallest absolute Gasteiger partial charge is 0.0590 e. The number of aliphatic hydroxyl groups excluding tert-OH is 2. The molecule has 12 heavy (non-hydrogen) atoms. The quantitative estimate of drug-likeness (QED) is 0.604. The van der Waals surface area contributed by atoms with Crippen LogP contribution in [0, 0.1) is 5.92 Å². The monoisotopic (exact) mass is 174 g/mol. The van der Waals surface area contributed by atoms with Gasteiger partial charge < -0.3 is 10.2 Å². The van der Waals surface area contributed by atoms with Crippen molar-refractivity contribution in [2.24, 2.45) is 5.92 Å². The van der Waals surface area contributed by atoms with Crippen molar-refractivity contribution in [3.63, 3.8) is 0 Å². The van der Waals surface area contributed by atoms with Crippen LogP contribution in [-0.2, 0) is 0 Å². The molecule has 2 nitrogen and oxygen atoms in total. The molecule has 74 valence electrons. The van der Waals surface area contributed by atoms with Crippen molar-refractivity contribution in [2.75, 3.05) is 0 Å². The molecule has 0 amide bonds. The molecule has 0 aliphatic rings. The first-order valence-electron chi connectivity index (χ1n) is 4.95. The SMILES string of the molecule is CCCCCC(O)C(C)C(C)O. The molecule has 2 N–H and O–H groups in total. The van der Waals surface area contributed by atoms with Crippen molar-refractivity contribution in [1.29, 1.82) is 0 Å². The summed E-state index contributed by atoms with van der Waals surface area (Å²) in [5, 5.41) is 18.7. The highest BCUT2D eigenvalue weighted by molar-refractivity contribution is 4.68. The zero-order chi connectivity index (χ0) is 9.56. The molecule has 0 rings (SSSR count). The zero-order valence-electron chi connectivity index (χ0n) is 8.45. The Balaban J connectivity index is 3.49. The van der Waals surface area contributed by atoms with Gasteiger partial charge in [0.05, 0.1) is 12.2 Å². The summed E-state index contributed by atoms with van der Waals surface area (Å²) in [6, 6.07) is 0. The van der Waals surface area contributed by atoms with Crippen LogP contribution in [0.15, 0.2) is 0 Å². The average Bonchev–Trinajstić information content (AvgIpc) is 2.03. The van der Waals surface area contributed by atoms with Gasteiger partial charge in [-0.3, -0.25) is 0 Å². The zero-order valence-corrected chi connectivity index (χ0v) is 8.45. The molecule has 0 spiro atoms. The third-order valence-electron chi connectivity index (χ3n) is 2.47. The van der Waals surface area contributed by atoms with Gasteiger partial charge in [0.25, 0.3) is 0 Å². The van der Waals surface area contributed by atoms with E-state index in [0.29, 0.717) is 0 Å². The maximum Gasteiger partial charge on any atom is 0.0590 e.